The molecule has 0 bridgehead atoms. The second-order valence-electron chi connectivity index (χ2n) is 5.72. The lowest BCUT2D eigenvalue weighted by Gasteiger charge is -2.09. The molecule has 3 rings (SSSR count). The van der Waals surface area contributed by atoms with Gasteiger partial charge in [0.2, 0.25) is 11.1 Å². The van der Waals surface area contributed by atoms with Gasteiger partial charge in [-0.1, -0.05) is 29.4 Å². The van der Waals surface area contributed by atoms with Crippen LogP contribution in [0.2, 0.25) is 5.02 Å². The molecular formula is C18H14ClF3N4O2S. The van der Waals surface area contributed by atoms with Gasteiger partial charge in [0.25, 0.3) is 0 Å². The fourth-order valence-corrected chi connectivity index (χ4v) is 2.93. The van der Waals surface area contributed by atoms with Crippen LogP contribution in [0.3, 0.4) is 0 Å². The van der Waals surface area contributed by atoms with Crippen LogP contribution in [-0.2, 0) is 17.6 Å². The summed E-state index contributed by atoms with van der Waals surface area (Å²) in [6.45, 7) is 0.144. The molecule has 29 heavy (non-hydrogen) atoms. The Hall–Kier alpha value is -2.72. The lowest BCUT2D eigenvalue weighted by molar-refractivity contribution is -0.137. The average Bonchev–Trinajstić information content (AvgIpc) is 3.13. The number of aromatic nitrogens is 3. The summed E-state index contributed by atoms with van der Waals surface area (Å²) >= 11 is 6.84. The zero-order valence-electron chi connectivity index (χ0n) is 14.7. The van der Waals surface area contributed by atoms with Gasteiger partial charge in [-0.15, -0.1) is 5.10 Å². The van der Waals surface area contributed by atoms with E-state index < -0.39 is 17.6 Å². The number of nitrogens with zero attached hydrogens (tertiary/aromatic N) is 2. The molecule has 2 aromatic carbocycles. The first-order chi connectivity index (χ1) is 13.8. The van der Waals surface area contributed by atoms with Crippen LogP contribution in [0.15, 0.2) is 53.7 Å². The number of amides is 1. The van der Waals surface area contributed by atoms with Crippen LogP contribution in [0.5, 0.6) is 5.75 Å². The molecule has 11 heteroatoms. The molecule has 1 amide bonds. The van der Waals surface area contributed by atoms with Gasteiger partial charge < -0.3 is 10.1 Å². The number of aromatic amines is 1. The van der Waals surface area contributed by atoms with Crippen LogP contribution >= 0.6 is 23.4 Å². The maximum absolute atomic E-state index is 12.7. The summed E-state index contributed by atoms with van der Waals surface area (Å²) in [7, 11) is 0. The Morgan fingerprint density at radius 1 is 1.21 bits per heavy atom. The van der Waals surface area contributed by atoms with Gasteiger partial charge >= 0.3 is 6.18 Å². The summed E-state index contributed by atoms with van der Waals surface area (Å²) in [5, 5.41) is 10.00. The van der Waals surface area contributed by atoms with Crippen molar-refractivity contribution in [3.05, 3.63) is 64.9 Å². The first-order valence-corrected chi connectivity index (χ1v) is 9.55. The van der Waals surface area contributed by atoms with E-state index in [2.05, 4.69) is 20.5 Å². The van der Waals surface area contributed by atoms with Gasteiger partial charge in [-0.05, 0) is 42.5 Å². The SMILES string of the molecule is O=C(CSc1n[nH]c(COc2ccc(Cl)cc2)n1)Nc1cccc(C(F)(F)F)c1. The fourth-order valence-electron chi connectivity index (χ4n) is 2.19. The van der Waals surface area contributed by atoms with Crippen molar-refractivity contribution in [3.8, 4) is 5.75 Å². The predicted octanol–water partition coefficient (Wildman–Crippen LogP) is 4.79. The number of halogens is 4. The third-order valence-corrected chi connectivity index (χ3v) is 4.61. The third-order valence-electron chi connectivity index (χ3n) is 3.51. The quantitative estimate of drug-likeness (QED) is 0.514. The van der Waals surface area contributed by atoms with Crippen LogP contribution in [0.4, 0.5) is 18.9 Å². The Kier molecular flexibility index (Phi) is 6.65. The molecule has 152 valence electrons. The largest absolute Gasteiger partial charge is 0.486 e. The molecule has 0 fully saturated rings. The number of H-pyrrole nitrogens is 1. The van der Waals surface area contributed by atoms with E-state index in [9.17, 15) is 18.0 Å². The Morgan fingerprint density at radius 2 is 1.97 bits per heavy atom. The second-order valence-corrected chi connectivity index (χ2v) is 7.10. The molecule has 0 aliphatic rings. The van der Waals surface area contributed by atoms with Crippen LogP contribution in [-0.4, -0.2) is 26.8 Å². The number of thioether (sulfide) groups is 1. The second kappa shape index (κ2) is 9.19. The van der Waals surface area contributed by atoms with Gasteiger partial charge in [0.1, 0.15) is 12.4 Å². The normalized spacial score (nSPS) is 11.3. The summed E-state index contributed by atoms with van der Waals surface area (Å²) in [6, 6.07) is 11.2. The van der Waals surface area contributed by atoms with Crippen LogP contribution in [0, 0.1) is 0 Å². The molecule has 0 aliphatic heterocycles. The third kappa shape index (κ3) is 6.40. The fraction of sp³-hybridized carbons (Fsp3) is 0.167. The number of carbonyl (C=O) groups is 1. The molecule has 6 nitrogen and oxygen atoms in total. The van der Waals surface area contributed by atoms with E-state index in [1.54, 1.807) is 24.3 Å². The van der Waals surface area contributed by atoms with E-state index in [1.165, 1.54) is 12.1 Å². The molecule has 0 radical (unpaired) electrons. The van der Waals surface area contributed by atoms with Gasteiger partial charge in [-0.3, -0.25) is 9.89 Å². The van der Waals surface area contributed by atoms with E-state index in [1.807, 2.05) is 0 Å². The minimum Gasteiger partial charge on any atom is -0.486 e. The van der Waals surface area contributed by atoms with Gasteiger partial charge in [-0.2, -0.15) is 13.2 Å². The zero-order valence-corrected chi connectivity index (χ0v) is 16.2. The zero-order chi connectivity index (χ0) is 20.9. The summed E-state index contributed by atoms with van der Waals surface area (Å²) in [6.07, 6.45) is -4.47. The molecule has 0 saturated heterocycles. The number of nitrogens with one attached hydrogen (secondary N) is 2. The van der Waals surface area contributed by atoms with Crippen molar-refractivity contribution < 1.29 is 22.7 Å². The molecule has 0 unspecified atom stereocenters. The Bertz CT molecular complexity index is 980. The molecule has 1 heterocycles. The van der Waals surface area contributed by atoms with Crippen molar-refractivity contribution in [1.29, 1.82) is 0 Å². The molecule has 1 aromatic heterocycles. The predicted molar refractivity (Wildman–Crippen MR) is 103 cm³/mol. The number of alkyl halides is 3. The van der Waals surface area contributed by atoms with E-state index in [-0.39, 0.29) is 18.0 Å². The highest BCUT2D eigenvalue weighted by atomic mass is 35.5. The Labute approximate surface area is 172 Å². The summed E-state index contributed by atoms with van der Waals surface area (Å²) < 4.78 is 43.7. The van der Waals surface area contributed by atoms with Crippen molar-refractivity contribution >= 4 is 35.0 Å². The summed E-state index contributed by atoms with van der Waals surface area (Å²) in [5.74, 6) is 0.533. The molecule has 2 N–H and O–H groups in total. The Morgan fingerprint density at radius 3 is 2.69 bits per heavy atom. The minimum absolute atomic E-state index is 0.0639. The van der Waals surface area contributed by atoms with E-state index in [4.69, 9.17) is 16.3 Å². The number of benzene rings is 2. The maximum Gasteiger partial charge on any atom is 0.416 e. The number of carbonyl (C=O) groups excluding carboxylic acids is 1. The monoisotopic (exact) mass is 442 g/mol. The summed E-state index contributed by atoms with van der Waals surface area (Å²) in [4.78, 5) is 16.2. The maximum atomic E-state index is 12.7. The molecule has 0 saturated carbocycles. The van der Waals surface area contributed by atoms with Gasteiger partial charge in [0.15, 0.2) is 5.82 Å². The number of hydrogen-bond donors (Lipinski definition) is 2. The highest BCUT2D eigenvalue weighted by molar-refractivity contribution is 7.99. The topological polar surface area (TPSA) is 79.9 Å². The van der Waals surface area contributed by atoms with Crippen LogP contribution in [0.25, 0.3) is 0 Å². The molecule has 0 spiro atoms. The number of ether oxygens (including phenoxy) is 1. The average molecular weight is 443 g/mol. The first-order valence-electron chi connectivity index (χ1n) is 8.19. The molecular weight excluding hydrogens is 429 g/mol. The van der Waals surface area contributed by atoms with Crippen molar-refractivity contribution in [2.75, 3.05) is 11.1 Å². The minimum atomic E-state index is -4.47. The van der Waals surface area contributed by atoms with Crippen LogP contribution in [0.1, 0.15) is 11.4 Å². The van der Waals surface area contributed by atoms with E-state index >= 15 is 0 Å². The molecule has 0 atom stereocenters. The molecule has 0 aliphatic carbocycles. The number of anilines is 1. The lowest BCUT2D eigenvalue weighted by atomic mass is 10.2. The number of rotatable bonds is 7. The van der Waals surface area contributed by atoms with E-state index in [0.717, 1.165) is 23.9 Å². The van der Waals surface area contributed by atoms with E-state index in [0.29, 0.717) is 21.8 Å². The molecule has 3 aromatic rings. The van der Waals surface area contributed by atoms with Gasteiger partial charge in [0.05, 0.1) is 11.3 Å². The van der Waals surface area contributed by atoms with Crippen molar-refractivity contribution in [2.24, 2.45) is 0 Å². The standard InChI is InChI=1S/C18H14ClF3N4O2S/c19-12-4-6-14(7-5-12)28-9-15-24-17(26-25-15)29-10-16(27)23-13-3-1-2-11(8-13)18(20,21)22/h1-8H,9-10H2,(H,23,27)(H,24,25,26). The summed E-state index contributed by atoms with van der Waals surface area (Å²) in [5.41, 5.74) is -0.764. The Balaban J connectivity index is 1.48. The first kappa shape index (κ1) is 21.0. The van der Waals surface area contributed by atoms with Gasteiger partial charge in [-0.25, -0.2) is 4.98 Å². The highest BCUT2D eigenvalue weighted by Crippen LogP contribution is 2.30. The smallest absolute Gasteiger partial charge is 0.416 e. The van der Waals surface area contributed by atoms with Crippen molar-refractivity contribution in [1.82, 2.24) is 15.2 Å². The van der Waals surface area contributed by atoms with Crippen LogP contribution < -0.4 is 10.1 Å². The highest BCUT2D eigenvalue weighted by Gasteiger charge is 2.30. The number of hydrogen-bond acceptors (Lipinski definition) is 5. The lowest BCUT2D eigenvalue weighted by Crippen LogP contribution is -2.15. The van der Waals surface area contributed by atoms with Crippen molar-refractivity contribution in [3.63, 3.8) is 0 Å². The van der Waals surface area contributed by atoms with Crippen molar-refractivity contribution in [2.45, 2.75) is 17.9 Å². The van der Waals surface area contributed by atoms with Gasteiger partial charge in [0, 0.05) is 10.7 Å².